The summed E-state index contributed by atoms with van der Waals surface area (Å²) in [5, 5.41) is 12.2. The molecule has 1 amide bonds. The average Bonchev–Trinajstić information content (AvgIpc) is 2.71. The minimum Gasteiger partial charge on any atom is -0.497 e. The second kappa shape index (κ2) is 9.40. The SMILES string of the molecule is COc1ccc2c(c1)C(C(=O)NC(CCC(=O)O)Cc1ccccc1)CCC2. The van der Waals surface area contributed by atoms with Crippen LogP contribution in [0.4, 0.5) is 0 Å². The molecule has 2 aromatic rings. The van der Waals surface area contributed by atoms with Gasteiger partial charge in [-0.05, 0) is 60.9 Å². The van der Waals surface area contributed by atoms with Crippen molar-refractivity contribution in [2.24, 2.45) is 0 Å². The number of carbonyl (C=O) groups is 2. The molecule has 2 N–H and O–H groups in total. The lowest BCUT2D eigenvalue weighted by Crippen LogP contribution is -2.40. The van der Waals surface area contributed by atoms with E-state index in [0.717, 1.165) is 36.1 Å². The van der Waals surface area contributed by atoms with Gasteiger partial charge in [0.2, 0.25) is 5.91 Å². The molecule has 2 atom stereocenters. The fourth-order valence-corrected chi connectivity index (χ4v) is 3.90. The molecule has 5 heteroatoms. The first-order valence-corrected chi connectivity index (χ1v) is 9.79. The van der Waals surface area contributed by atoms with Crippen molar-refractivity contribution in [2.75, 3.05) is 7.11 Å². The first kappa shape index (κ1) is 19.9. The number of aliphatic carboxylic acids is 1. The summed E-state index contributed by atoms with van der Waals surface area (Å²) < 4.78 is 5.34. The molecular formula is C23H27NO4. The molecule has 0 saturated carbocycles. The highest BCUT2D eigenvalue weighted by Crippen LogP contribution is 2.34. The molecule has 0 saturated heterocycles. The summed E-state index contributed by atoms with van der Waals surface area (Å²) >= 11 is 0. The first-order chi connectivity index (χ1) is 13.6. The van der Waals surface area contributed by atoms with Crippen LogP contribution in [-0.2, 0) is 22.4 Å². The van der Waals surface area contributed by atoms with Gasteiger partial charge in [-0.25, -0.2) is 0 Å². The maximum atomic E-state index is 13.1. The zero-order chi connectivity index (χ0) is 19.9. The molecule has 1 aliphatic carbocycles. The lowest BCUT2D eigenvalue weighted by Gasteiger charge is -2.27. The zero-order valence-corrected chi connectivity index (χ0v) is 16.2. The number of benzene rings is 2. The van der Waals surface area contributed by atoms with Gasteiger partial charge in [0.1, 0.15) is 5.75 Å². The van der Waals surface area contributed by atoms with Crippen LogP contribution in [0.15, 0.2) is 48.5 Å². The van der Waals surface area contributed by atoms with E-state index in [1.165, 1.54) is 5.56 Å². The van der Waals surface area contributed by atoms with Gasteiger partial charge in [-0.15, -0.1) is 0 Å². The van der Waals surface area contributed by atoms with E-state index >= 15 is 0 Å². The molecule has 5 nitrogen and oxygen atoms in total. The summed E-state index contributed by atoms with van der Waals surface area (Å²) in [5.74, 6) is -0.340. The van der Waals surface area contributed by atoms with E-state index < -0.39 is 5.97 Å². The summed E-state index contributed by atoms with van der Waals surface area (Å²) in [6.07, 6.45) is 3.80. The van der Waals surface area contributed by atoms with Crippen LogP contribution in [0.5, 0.6) is 5.75 Å². The highest BCUT2D eigenvalue weighted by Gasteiger charge is 2.28. The molecule has 0 radical (unpaired) electrons. The van der Waals surface area contributed by atoms with Crippen LogP contribution in [0, 0.1) is 0 Å². The van der Waals surface area contributed by atoms with Crippen molar-refractivity contribution in [1.29, 1.82) is 0 Å². The zero-order valence-electron chi connectivity index (χ0n) is 16.2. The van der Waals surface area contributed by atoms with Crippen LogP contribution in [0.1, 0.15) is 48.3 Å². The average molecular weight is 381 g/mol. The van der Waals surface area contributed by atoms with Gasteiger partial charge in [-0.1, -0.05) is 36.4 Å². The monoisotopic (exact) mass is 381 g/mol. The molecule has 3 rings (SSSR count). The minimum atomic E-state index is -0.847. The third kappa shape index (κ3) is 5.12. The Labute approximate surface area is 165 Å². The standard InChI is InChI=1S/C23H27NO4/c1-28-19-12-10-17-8-5-9-20(21(17)15-19)23(27)24-18(11-13-22(25)26)14-16-6-3-2-4-7-16/h2-4,6-7,10,12,15,18,20H,5,8-9,11,13-14H2,1H3,(H,24,27)(H,25,26). The summed E-state index contributed by atoms with van der Waals surface area (Å²) in [6.45, 7) is 0. The third-order valence-corrected chi connectivity index (χ3v) is 5.36. The number of carboxylic acids is 1. The molecule has 0 fully saturated rings. The molecular weight excluding hydrogens is 354 g/mol. The van der Waals surface area contributed by atoms with Gasteiger partial charge in [0.25, 0.3) is 0 Å². The largest absolute Gasteiger partial charge is 0.497 e. The Kier molecular flexibility index (Phi) is 6.69. The molecule has 1 aliphatic rings. The van der Waals surface area contributed by atoms with E-state index in [1.807, 2.05) is 48.5 Å². The Morgan fingerprint density at radius 1 is 1.21 bits per heavy atom. The number of fused-ring (bicyclic) bond motifs is 1. The Balaban J connectivity index is 1.75. The van der Waals surface area contributed by atoms with Gasteiger partial charge in [0, 0.05) is 12.5 Å². The Bertz CT molecular complexity index is 819. The normalized spacial score (nSPS) is 16.7. The van der Waals surface area contributed by atoms with Crippen LogP contribution in [0.3, 0.4) is 0 Å². The van der Waals surface area contributed by atoms with E-state index in [9.17, 15) is 9.59 Å². The second-order valence-electron chi connectivity index (χ2n) is 7.34. The number of carbonyl (C=O) groups excluding carboxylic acids is 1. The fourth-order valence-electron chi connectivity index (χ4n) is 3.90. The number of hydrogen-bond donors (Lipinski definition) is 2. The van der Waals surface area contributed by atoms with Crippen LogP contribution >= 0.6 is 0 Å². The number of nitrogens with one attached hydrogen (secondary N) is 1. The molecule has 28 heavy (non-hydrogen) atoms. The van der Waals surface area contributed by atoms with Crippen molar-refractivity contribution in [2.45, 2.75) is 50.5 Å². The fraction of sp³-hybridized carbons (Fsp3) is 0.391. The highest BCUT2D eigenvalue weighted by atomic mass is 16.5. The van der Waals surface area contributed by atoms with Gasteiger partial charge in [0.15, 0.2) is 0 Å². The van der Waals surface area contributed by atoms with Crippen LogP contribution < -0.4 is 10.1 Å². The molecule has 0 aromatic heterocycles. The topological polar surface area (TPSA) is 75.6 Å². The smallest absolute Gasteiger partial charge is 0.303 e. The molecule has 2 unspecified atom stereocenters. The summed E-state index contributed by atoms with van der Waals surface area (Å²) in [4.78, 5) is 24.2. The highest BCUT2D eigenvalue weighted by molar-refractivity contribution is 5.85. The van der Waals surface area contributed by atoms with Crippen LogP contribution in [0.25, 0.3) is 0 Å². The quantitative estimate of drug-likeness (QED) is 0.731. The minimum absolute atomic E-state index is 0.0273. The van der Waals surface area contributed by atoms with E-state index in [2.05, 4.69) is 5.32 Å². The second-order valence-corrected chi connectivity index (χ2v) is 7.34. The van der Waals surface area contributed by atoms with Gasteiger partial charge >= 0.3 is 5.97 Å². The number of rotatable bonds is 8. The number of carboxylic acid groups (broad SMARTS) is 1. The molecule has 148 valence electrons. The van der Waals surface area contributed by atoms with Crippen molar-refractivity contribution in [1.82, 2.24) is 5.32 Å². The van der Waals surface area contributed by atoms with Crippen molar-refractivity contribution in [3.63, 3.8) is 0 Å². The van der Waals surface area contributed by atoms with Gasteiger partial charge in [0.05, 0.1) is 13.0 Å². The van der Waals surface area contributed by atoms with Gasteiger partial charge in [-0.3, -0.25) is 9.59 Å². The van der Waals surface area contributed by atoms with E-state index in [-0.39, 0.29) is 24.3 Å². The van der Waals surface area contributed by atoms with E-state index in [0.29, 0.717) is 12.8 Å². The number of methoxy groups -OCH3 is 1. The molecule has 0 aliphatic heterocycles. The Morgan fingerprint density at radius 2 is 2.00 bits per heavy atom. The molecule has 0 spiro atoms. The maximum absolute atomic E-state index is 13.1. The van der Waals surface area contributed by atoms with Crippen molar-refractivity contribution >= 4 is 11.9 Å². The lowest BCUT2D eigenvalue weighted by molar-refractivity contribution is -0.137. The van der Waals surface area contributed by atoms with Gasteiger partial charge in [-0.2, -0.15) is 0 Å². The van der Waals surface area contributed by atoms with E-state index in [4.69, 9.17) is 9.84 Å². The molecule has 0 bridgehead atoms. The number of ether oxygens (including phenoxy) is 1. The maximum Gasteiger partial charge on any atom is 0.303 e. The Hall–Kier alpha value is -2.82. The van der Waals surface area contributed by atoms with Crippen molar-refractivity contribution in [3.05, 3.63) is 65.2 Å². The molecule has 2 aromatic carbocycles. The van der Waals surface area contributed by atoms with Gasteiger partial charge < -0.3 is 15.2 Å². The summed E-state index contributed by atoms with van der Waals surface area (Å²) in [5.41, 5.74) is 3.31. The predicted octanol–water partition coefficient (Wildman–Crippen LogP) is 3.71. The van der Waals surface area contributed by atoms with Crippen LogP contribution in [0.2, 0.25) is 0 Å². The van der Waals surface area contributed by atoms with Crippen LogP contribution in [-0.4, -0.2) is 30.1 Å². The third-order valence-electron chi connectivity index (χ3n) is 5.36. The number of amides is 1. The lowest BCUT2D eigenvalue weighted by atomic mass is 9.82. The van der Waals surface area contributed by atoms with E-state index in [1.54, 1.807) is 7.11 Å². The predicted molar refractivity (Wildman–Crippen MR) is 108 cm³/mol. The number of aryl methyl sites for hydroxylation is 1. The Morgan fingerprint density at radius 3 is 2.71 bits per heavy atom. The number of hydrogen-bond acceptors (Lipinski definition) is 3. The summed E-state index contributed by atoms with van der Waals surface area (Å²) in [7, 11) is 1.63. The first-order valence-electron chi connectivity index (χ1n) is 9.79. The van der Waals surface area contributed by atoms with Crippen molar-refractivity contribution in [3.8, 4) is 5.75 Å². The van der Waals surface area contributed by atoms with Crippen molar-refractivity contribution < 1.29 is 19.4 Å². The summed E-state index contributed by atoms with van der Waals surface area (Å²) in [6, 6.07) is 15.6. The molecule has 0 heterocycles.